The molecule has 2 saturated carbocycles. The number of esters is 2. The van der Waals surface area contributed by atoms with Gasteiger partial charge in [0.1, 0.15) is 12.2 Å². The first-order valence-electron chi connectivity index (χ1n) is 7.69. The van der Waals surface area contributed by atoms with Gasteiger partial charge >= 0.3 is 11.9 Å². The predicted octanol–water partition coefficient (Wildman–Crippen LogP) is 1.75. The summed E-state index contributed by atoms with van der Waals surface area (Å²) in [6.07, 6.45) is 0.915. The van der Waals surface area contributed by atoms with Gasteiger partial charge in [-0.05, 0) is 25.7 Å². The first kappa shape index (κ1) is 15.3. The Kier molecular flexibility index (Phi) is 3.44. The third-order valence-electron chi connectivity index (χ3n) is 5.43. The van der Waals surface area contributed by atoms with E-state index < -0.39 is 35.7 Å². The normalized spacial score (nSPS) is 44.1. The Bertz CT molecular complexity index is 561. The van der Waals surface area contributed by atoms with Crippen molar-refractivity contribution in [2.75, 3.05) is 0 Å². The van der Waals surface area contributed by atoms with E-state index in [4.69, 9.17) is 9.47 Å². The molecule has 0 spiro atoms. The molecule has 1 N–H and O–H groups in total. The Morgan fingerprint density at radius 1 is 1.45 bits per heavy atom. The monoisotopic (exact) mass is 306 g/mol. The number of ether oxygens (including phenoxy) is 2. The van der Waals surface area contributed by atoms with Crippen molar-refractivity contribution in [1.82, 2.24) is 0 Å². The van der Waals surface area contributed by atoms with Gasteiger partial charge in [0.25, 0.3) is 0 Å². The average Bonchev–Trinajstić information content (AvgIpc) is 2.81. The molecule has 0 aromatic heterocycles. The molecule has 5 heteroatoms. The lowest BCUT2D eigenvalue weighted by molar-refractivity contribution is -0.153. The molecule has 3 aliphatic rings. The van der Waals surface area contributed by atoms with Crippen LogP contribution in [0.1, 0.15) is 33.1 Å². The van der Waals surface area contributed by atoms with E-state index in [2.05, 4.69) is 13.2 Å². The number of rotatable bonds is 1. The van der Waals surface area contributed by atoms with Gasteiger partial charge in [-0.1, -0.05) is 18.7 Å². The zero-order valence-electron chi connectivity index (χ0n) is 13.0. The van der Waals surface area contributed by atoms with E-state index in [1.165, 1.54) is 6.92 Å². The van der Waals surface area contributed by atoms with Gasteiger partial charge in [0.2, 0.25) is 0 Å². The molecule has 0 bridgehead atoms. The maximum atomic E-state index is 12.0. The fourth-order valence-electron chi connectivity index (χ4n) is 4.47. The molecule has 0 unspecified atom stereocenters. The summed E-state index contributed by atoms with van der Waals surface area (Å²) in [5.41, 5.74) is 0.353. The largest absolute Gasteiger partial charge is 0.461 e. The highest BCUT2D eigenvalue weighted by atomic mass is 16.6. The number of hydrogen-bond donors (Lipinski definition) is 1. The van der Waals surface area contributed by atoms with Crippen molar-refractivity contribution in [2.45, 2.75) is 50.9 Å². The highest BCUT2D eigenvalue weighted by Gasteiger charge is 2.59. The maximum Gasteiger partial charge on any atom is 0.334 e. The Balaban J connectivity index is 2.04. The van der Waals surface area contributed by atoms with Crippen molar-refractivity contribution in [3.05, 3.63) is 24.3 Å². The second-order valence-electron chi connectivity index (χ2n) is 6.96. The third-order valence-corrected chi connectivity index (χ3v) is 5.43. The zero-order valence-corrected chi connectivity index (χ0v) is 13.0. The van der Waals surface area contributed by atoms with E-state index >= 15 is 0 Å². The van der Waals surface area contributed by atoms with Crippen molar-refractivity contribution in [1.29, 1.82) is 0 Å². The van der Waals surface area contributed by atoms with Crippen LogP contribution in [-0.4, -0.2) is 34.9 Å². The van der Waals surface area contributed by atoms with E-state index in [0.29, 0.717) is 18.4 Å². The molecule has 5 nitrogen and oxygen atoms in total. The van der Waals surface area contributed by atoms with Crippen LogP contribution in [0.3, 0.4) is 0 Å². The fraction of sp³-hybridized carbons (Fsp3) is 0.647. The molecule has 6 atom stereocenters. The molecule has 1 aliphatic heterocycles. The topological polar surface area (TPSA) is 72.8 Å². The quantitative estimate of drug-likeness (QED) is 0.454. The Morgan fingerprint density at radius 3 is 2.77 bits per heavy atom. The molecular weight excluding hydrogens is 284 g/mol. The van der Waals surface area contributed by atoms with Gasteiger partial charge < -0.3 is 14.6 Å². The van der Waals surface area contributed by atoms with Crippen LogP contribution in [0.15, 0.2) is 24.3 Å². The average molecular weight is 306 g/mol. The Labute approximate surface area is 130 Å². The van der Waals surface area contributed by atoms with Crippen molar-refractivity contribution in [3.63, 3.8) is 0 Å². The second-order valence-corrected chi connectivity index (χ2v) is 6.96. The fourth-order valence-corrected chi connectivity index (χ4v) is 4.47. The van der Waals surface area contributed by atoms with E-state index in [1.54, 1.807) is 6.92 Å². The standard InChI is InChI=1S/C17H22O5/c1-8-7-12(21-10(3)18)13-9(2)16(19)22-15(13)14-11(8)5-6-17(14,4)20/h11-15,20H,1-2,5-7H2,3-4H3/t11-,12-,13+,14-,15-,17+/m0/s1. The predicted molar refractivity (Wildman–Crippen MR) is 78.7 cm³/mol. The summed E-state index contributed by atoms with van der Waals surface area (Å²) >= 11 is 0. The molecule has 1 saturated heterocycles. The molecule has 0 radical (unpaired) electrons. The van der Waals surface area contributed by atoms with Crippen molar-refractivity contribution >= 4 is 11.9 Å². The van der Waals surface area contributed by atoms with E-state index in [9.17, 15) is 14.7 Å². The summed E-state index contributed by atoms with van der Waals surface area (Å²) in [5, 5.41) is 10.8. The van der Waals surface area contributed by atoms with Gasteiger partial charge in [-0.3, -0.25) is 4.79 Å². The third kappa shape index (κ3) is 2.19. The van der Waals surface area contributed by atoms with E-state index in [1.807, 2.05) is 0 Å². The summed E-state index contributed by atoms with van der Waals surface area (Å²) in [7, 11) is 0. The van der Waals surface area contributed by atoms with Crippen LogP contribution in [0.2, 0.25) is 0 Å². The minimum Gasteiger partial charge on any atom is -0.461 e. The number of carbonyl (C=O) groups is 2. The van der Waals surface area contributed by atoms with Crippen LogP contribution >= 0.6 is 0 Å². The van der Waals surface area contributed by atoms with Gasteiger partial charge in [0.15, 0.2) is 0 Å². The molecule has 120 valence electrons. The van der Waals surface area contributed by atoms with Crippen molar-refractivity contribution in [2.24, 2.45) is 17.8 Å². The molecule has 0 aromatic carbocycles. The highest BCUT2D eigenvalue weighted by molar-refractivity contribution is 5.91. The molecule has 0 aromatic rings. The highest BCUT2D eigenvalue weighted by Crippen LogP contribution is 2.54. The molecule has 22 heavy (non-hydrogen) atoms. The van der Waals surface area contributed by atoms with Crippen molar-refractivity contribution in [3.8, 4) is 0 Å². The van der Waals surface area contributed by atoms with E-state index in [-0.39, 0.29) is 11.8 Å². The van der Waals surface area contributed by atoms with Crippen LogP contribution in [0.5, 0.6) is 0 Å². The lowest BCUT2D eigenvalue weighted by Gasteiger charge is -2.34. The lowest BCUT2D eigenvalue weighted by atomic mass is 9.77. The van der Waals surface area contributed by atoms with Gasteiger partial charge in [-0.25, -0.2) is 4.79 Å². The number of aliphatic hydroxyl groups is 1. The van der Waals surface area contributed by atoms with Gasteiger partial charge in [-0.15, -0.1) is 0 Å². The van der Waals surface area contributed by atoms with Crippen LogP contribution in [0, 0.1) is 17.8 Å². The minimum atomic E-state index is -0.924. The summed E-state index contributed by atoms with van der Waals surface area (Å²) in [5.74, 6) is -1.42. The number of carbonyl (C=O) groups excluding carboxylic acids is 2. The maximum absolute atomic E-state index is 12.0. The van der Waals surface area contributed by atoms with Crippen molar-refractivity contribution < 1.29 is 24.2 Å². The van der Waals surface area contributed by atoms with Gasteiger partial charge in [0, 0.05) is 24.8 Å². The smallest absolute Gasteiger partial charge is 0.334 e. The molecule has 3 fully saturated rings. The minimum absolute atomic E-state index is 0.0711. The van der Waals surface area contributed by atoms with Gasteiger partial charge in [-0.2, -0.15) is 0 Å². The molecular formula is C17H22O5. The number of hydrogen-bond acceptors (Lipinski definition) is 5. The van der Waals surface area contributed by atoms with Gasteiger partial charge in [0.05, 0.1) is 11.5 Å². The second kappa shape index (κ2) is 4.95. The Morgan fingerprint density at radius 2 is 2.14 bits per heavy atom. The summed E-state index contributed by atoms with van der Waals surface area (Å²) in [6, 6.07) is 0. The molecule has 0 amide bonds. The lowest BCUT2D eigenvalue weighted by Crippen LogP contribution is -2.44. The first-order valence-corrected chi connectivity index (χ1v) is 7.69. The van der Waals surface area contributed by atoms with Crippen LogP contribution in [0.4, 0.5) is 0 Å². The summed E-state index contributed by atoms with van der Waals surface area (Å²) in [4.78, 5) is 23.4. The van der Waals surface area contributed by atoms with Crippen LogP contribution in [-0.2, 0) is 19.1 Å². The Hall–Kier alpha value is -1.62. The SMILES string of the molecule is C=C1C(=O)O[C@H]2[C@H]1[C@@H](OC(C)=O)CC(=C)[C@@H]1CC[C@@](C)(O)[C@H]21. The van der Waals surface area contributed by atoms with E-state index in [0.717, 1.165) is 12.0 Å². The first-order chi connectivity index (χ1) is 10.2. The van der Waals surface area contributed by atoms with Crippen LogP contribution < -0.4 is 0 Å². The number of fused-ring (bicyclic) bond motifs is 3. The zero-order chi connectivity index (χ0) is 16.2. The molecule has 1 heterocycles. The molecule has 2 aliphatic carbocycles. The summed E-state index contributed by atoms with van der Waals surface area (Å²) in [6.45, 7) is 11.1. The molecule has 3 rings (SSSR count). The van der Waals surface area contributed by atoms with Crippen LogP contribution in [0.25, 0.3) is 0 Å². The summed E-state index contributed by atoms with van der Waals surface area (Å²) < 4.78 is 11.0.